The van der Waals surface area contributed by atoms with Crippen molar-refractivity contribution < 1.29 is 28.2 Å². The van der Waals surface area contributed by atoms with Crippen LogP contribution in [-0.2, 0) is 9.53 Å². The number of hydrogen-bond donors (Lipinski definition) is 0. The Labute approximate surface area is 185 Å². The predicted molar refractivity (Wildman–Crippen MR) is 122 cm³/mol. The summed E-state index contributed by atoms with van der Waals surface area (Å²) < 4.78 is 27.7. The molecule has 6 heteroatoms. The zero-order valence-electron chi connectivity index (χ0n) is 18.0. The van der Waals surface area contributed by atoms with E-state index in [0.29, 0.717) is 28.6 Å². The first-order chi connectivity index (χ1) is 15.6. The normalized spacial score (nSPS) is 11.0. The molecule has 0 bridgehead atoms. The first-order valence-electron chi connectivity index (χ1n) is 9.90. The third kappa shape index (κ3) is 4.44. The van der Waals surface area contributed by atoms with Gasteiger partial charge in [-0.1, -0.05) is 18.2 Å². The van der Waals surface area contributed by atoms with E-state index in [2.05, 4.69) is 4.74 Å². The molecular weight excluding hydrogens is 408 g/mol. The first kappa shape index (κ1) is 21.1. The average Bonchev–Trinajstić information content (AvgIpc) is 3.27. The topological polar surface area (TPSA) is 67.1 Å². The van der Waals surface area contributed by atoms with Crippen LogP contribution in [0.2, 0.25) is 0 Å². The number of methoxy groups -OCH3 is 3. The number of esters is 1. The van der Waals surface area contributed by atoms with Crippen LogP contribution >= 0.6 is 0 Å². The van der Waals surface area contributed by atoms with Gasteiger partial charge in [-0.25, -0.2) is 4.79 Å². The van der Waals surface area contributed by atoms with Gasteiger partial charge in [0.05, 0.1) is 21.3 Å². The van der Waals surface area contributed by atoms with E-state index >= 15 is 0 Å². The van der Waals surface area contributed by atoms with Crippen molar-refractivity contribution in [2.75, 3.05) is 21.3 Å². The largest absolute Gasteiger partial charge is 0.493 e. The van der Waals surface area contributed by atoms with E-state index in [9.17, 15) is 4.79 Å². The molecule has 4 aromatic rings. The number of fused-ring (bicyclic) bond motifs is 1. The summed E-state index contributed by atoms with van der Waals surface area (Å²) in [6.45, 7) is 0. The quantitative estimate of drug-likeness (QED) is 0.261. The van der Waals surface area contributed by atoms with Crippen LogP contribution < -0.4 is 14.2 Å². The van der Waals surface area contributed by atoms with E-state index in [4.69, 9.17) is 18.6 Å². The summed E-state index contributed by atoms with van der Waals surface area (Å²) in [4.78, 5) is 11.4. The highest BCUT2D eigenvalue weighted by Gasteiger charge is 2.15. The monoisotopic (exact) mass is 430 g/mol. The molecule has 0 saturated heterocycles. The van der Waals surface area contributed by atoms with Crippen molar-refractivity contribution >= 4 is 23.0 Å². The van der Waals surface area contributed by atoms with Gasteiger partial charge < -0.3 is 23.4 Å². The van der Waals surface area contributed by atoms with Gasteiger partial charge in [-0.3, -0.25) is 0 Å². The summed E-state index contributed by atoms with van der Waals surface area (Å²) in [5.41, 5.74) is 2.23. The lowest BCUT2D eigenvalue weighted by atomic mass is 10.1. The summed E-state index contributed by atoms with van der Waals surface area (Å²) in [5, 5.41) is 0.840. The molecule has 0 unspecified atom stereocenters. The Balaban J connectivity index is 1.69. The average molecular weight is 430 g/mol. The van der Waals surface area contributed by atoms with Crippen molar-refractivity contribution in [2.24, 2.45) is 0 Å². The zero-order chi connectivity index (χ0) is 22.5. The molecule has 0 N–H and O–H groups in total. The van der Waals surface area contributed by atoms with Gasteiger partial charge >= 0.3 is 5.97 Å². The van der Waals surface area contributed by atoms with Gasteiger partial charge in [-0.15, -0.1) is 0 Å². The fraction of sp³-hybridized carbons (Fsp3) is 0.115. The second kappa shape index (κ2) is 9.31. The highest BCUT2D eigenvalue weighted by atomic mass is 16.5. The molecule has 0 atom stereocenters. The fourth-order valence-electron chi connectivity index (χ4n) is 3.29. The van der Waals surface area contributed by atoms with Crippen LogP contribution in [0.25, 0.3) is 28.4 Å². The number of hydrogen-bond acceptors (Lipinski definition) is 6. The number of ether oxygens (including phenoxy) is 4. The van der Waals surface area contributed by atoms with Gasteiger partial charge in [0.1, 0.15) is 11.5 Å². The molecule has 0 fully saturated rings. The van der Waals surface area contributed by atoms with Crippen LogP contribution in [0.3, 0.4) is 0 Å². The van der Waals surface area contributed by atoms with Gasteiger partial charge in [0, 0.05) is 17.0 Å². The van der Waals surface area contributed by atoms with Crippen LogP contribution in [0.15, 0.2) is 77.2 Å². The molecule has 0 amide bonds. The summed E-state index contributed by atoms with van der Waals surface area (Å²) in [7, 11) is 4.51. The molecule has 0 aliphatic carbocycles. The van der Waals surface area contributed by atoms with Crippen molar-refractivity contribution in [2.45, 2.75) is 0 Å². The number of carbonyl (C=O) groups is 1. The van der Waals surface area contributed by atoms with Gasteiger partial charge in [-0.05, 0) is 60.2 Å². The molecule has 3 aromatic carbocycles. The third-order valence-electron chi connectivity index (χ3n) is 4.86. The predicted octanol–water partition coefficient (Wildman–Crippen LogP) is 6.10. The number of benzene rings is 3. The number of carbonyl (C=O) groups excluding carboxylic acids is 1. The van der Waals surface area contributed by atoms with Crippen LogP contribution in [0.4, 0.5) is 0 Å². The van der Waals surface area contributed by atoms with Crippen LogP contribution in [0.5, 0.6) is 23.0 Å². The lowest BCUT2D eigenvalue weighted by Gasteiger charge is -2.11. The Morgan fingerprint density at radius 3 is 2.34 bits per heavy atom. The molecule has 1 aromatic heterocycles. The molecule has 162 valence electrons. The number of rotatable bonds is 7. The molecule has 0 aliphatic heterocycles. The second-order valence-electron chi connectivity index (χ2n) is 6.89. The molecule has 0 spiro atoms. The van der Waals surface area contributed by atoms with Gasteiger partial charge in [0.15, 0.2) is 22.8 Å². The van der Waals surface area contributed by atoms with E-state index < -0.39 is 5.97 Å². The van der Waals surface area contributed by atoms with Crippen molar-refractivity contribution in [1.29, 1.82) is 0 Å². The molecule has 0 radical (unpaired) electrons. The molecule has 6 nitrogen and oxygen atoms in total. The minimum absolute atomic E-state index is 0.429. The maximum absolute atomic E-state index is 11.4. The van der Waals surface area contributed by atoms with Crippen molar-refractivity contribution in [1.82, 2.24) is 0 Å². The number of furan rings is 1. The highest BCUT2D eigenvalue weighted by molar-refractivity contribution is 5.92. The van der Waals surface area contributed by atoms with E-state index in [-0.39, 0.29) is 0 Å². The molecule has 32 heavy (non-hydrogen) atoms. The van der Waals surface area contributed by atoms with Gasteiger partial charge in [0.2, 0.25) is 0 Å². The molecule has 4 rings (SSSR count). The van der Waals surface area contributed by atoms with E-state index in [0.717, 1.165) is 22.3 Å². The van der Waals surface area contributed by atoms with E-state index in [1.165, 1.54) is 13.2 Å². The molecule has 0 aliphatic rings. The minimum Gasteiger partial charge on any atom is -0.493 e. The van der Waals surface area contributed by atoms with Crippen molar-refractivity contribution in [3.05, 3.63) is 78.4 Å². The summed E-state index contributed by atoms with van der Waals surface area (Å²) in [5.74, 6) is 2.69. The van der Waals surface area contributed by atoms with Gasteiger partial charge in [-0.2, -0.15) is 0 Å². The lowest BCUT2D eigenvalue weighted by Crippen LogP contribution is -1.93. The van der Waals surface area contributed by atoms with Crippen LogP contribution in [0, 0.1) is 0 Å². The van der Waals surface area contributed by atoms with E-state index in [1.807, 2.05) is 60.7 Å². The maximum Gasteiger partial charge on any atom is 0.330 e. The summed E-state index contributed by atoms with van der Waals surface area (Å²) in [6.07, 6.45) is 3.02. The second-order valence-corrected chi connectivity index (χ2v) is 6.89. The Kier molecular flexibility index (Phi) is 6.12. The smallest absolute Gasteiger partial charge is 0.330 e. The first-order valence-corrected chi connectivity index (χ1v) is 9.90. The van der Waals surface area contributed by atoms with Crippen LogP contribution in [-0.4, -0.2) is 27.3 Å². The Hall–Kier alpha value is -4.19. The highest BCUT2D eigenvalue weighted by Crippen LogP contribution is 2.39. The van der Waals surface area contributed by atoms with Gasteiger partial charge in [0.25, 0.3) is 0 Å². The standard InChI is InChI=1S/C26H22O6/c1-28-23-15-18(10-11-21(23)31-20-7-5-4-6-8-20)22-16-19-13-17(9-12-25(27)30-3)14-24(29-2)26(19)32-22/h4-16H,1-3H3. The summed E-state index contributed by atoms with van der Waals surface area (Å²) >= 11 is 0. The Morgan fingerprint density at radius 1 is 0.844 bits per heavy atom. The SMILES string of the molecule is COC(=O)C=Cc1cc(OC)c2oc(-c3ccc(Oc4ccccc4)c(OC)c3)cc2c1. The zero-order valence-corrected chi connectivity index (χ0v) is 18.0. The number of para-hydroxylation sites is 1. The minimum atomic E-state index is -0.429. The Morgan fingerprint density at radius 2 is 1.62 bits per heavy atom. The van der Waals surface area contributed by atoms with Crippen molar-refractivity contribution in [3.8, 4) is 34.3 Å². The Bertz CT molecular complexity index is 1270. The third-order valence-corrected chi connectivity index (χ3v) is 4.86. The lowest BCUT2D eigenvalue weighted by molar-refractivity contribution is -0.134. The maximum atomic E-state index is 11.4. The molecule has 0 saturated carbocycles. The fourth-order valence-corrected chi connectivity index (χ4v) is 3.29. The molecular formula is C26H22O6. The van der Waals surface area contributed by atoms with Crippen molar-refractivity contribution in [3.63, 3.8) is 0 Å². The summed E-state index contributed by atoms with van der Waals surface area (Å²) in [6, 6.07) is 20.7. The van der Waals surface area contributed by atoms with Crippen LogP contribution in [0.1, 0.15) is 5.56 Å². The van der Waals surface area contributed by atoms with E-state index in [1.54, 1.807) is 26.4 Å². The molecule has 1 heterocycles.